The van der Waals surface area contributed by atoms with E-state index in [9.17, 15) is 9.59 Å². The summed E-state index contributed by atoms with van der Waals surface area (Å²) in [7, 11) is 0. The fourth-order valence-electron chi connectivity index (χ4n) is 1.55. The molecule has 0 bridgehead atoms. The maximum absolute atomic E-state index is 11.6. The van der Waals surface area contributed by atoms with Crippen molar-refractivity contribution in [2.45, 2.75) is 26.7 Å². The zero-order chi connectivity index (χ0) is 14.8. The summed E-state index contributed by atoms with van der Waals surface area (Å²) in [5.74, 6) is -0.436. The lowest BCUT2D eigenvalue weighted by Gasteiger charge is -2.07. The van der Waals surface area contributed by atoms with E-state index in [0.717, 1.165) is 19.4 Å². The van der Waals surface area contributed by atoms with Crippen LogP contribution in [0.15, 0.2) is 24.3 Å². The fourth-order valence-corrected chi connectivity index (χ4v) is 1.55. The van der Waals surface area contributed by atoms with Crippen molar-refractivity contribution < 1.29 is 14.3 Å². The third-order valence-electron chi connectivity index (χ3n) is 2.55. The van der Waals surface area contributed by atoms with Crippen LogP contribution in [-0.4, -0.2) is 31.6 Å². The molecular formula is C15H22N2O3. The number of hydrogen-bond donors (Lipinski definition) is 2. The van der Waals surface area contributed by atoms with E-state index in [4.69, 9.17) is 4.74 Å². The number of carbonyl (C=O) groups is 2. The average Bonchev–Trinajstić information content (AvgIpc) is 2.46. The minimum atomic E-state index is -0.339. The van der Waals surface area contributed by atoms with Crippen molar-refractivity contribution in [1.29, 1.82) is 0 Å². The molecule has 5 nitrogen and oxygen atoms in total. The Kier molecular flexibility index (Phi) is 7.35. The van der Waals surface area contributed by atoms with E-state index in [2.05, 4.69) is 10.6 Å². The first-order valence-electron chi connectivity index (χ1n) is 6.95. The predicted octanol–water partition coefficient (Wildman–Crippen LogP) is 2.19. The molecule has 1 amide bonds. The number of carbonyl (C=O) groups excluding carboxylic acids is 2. The van der Waals surface area contributed by atoms with E-state index in [1.54, 1.807) is 24.3 Å². The third-order valence-corrected chi connectivity index (χ3v) is 2.55. The molecule has 0 aromatic heterocycles. The van der Waals surface area contributed by atoms with Gasteiger partial charge in [-0.05, 0) is 43.7 Å². The molecule has 20 heavy (non-hydrogen) atoms. The zero-order valence-electron chi connectivity index (χ0n) is 12.1. The molecule has 1 aromatic carbocycles. The normalized spacial score (nSPS) is 10.1. The van der Waals surface area contributed by atoms with Crippen LogP contribution in [-0.2, 0) is 9.53 Å². The van der Waals surface area contributed by atoms with Crippen LogP contribution in [0.5, 0.6) is 0 Å². The topological polar surface area (TPSA) is 67.4 Å². The number of amides is 1. The lowest BCUT2D eigenvalue weighted by Crippen LogP contribution is -2.28. The molecule has 0 fully saturated rings. The first kappa shape index (κ1) is 16.2. The highest BCUT2D eigenvalue weighted by Gasteiger charge is 2.07. The monoisotopic (exact) mass is 278 g/mol. The third kappa shape index (κ3) is 5.84. The van der Waals surface area contributed by atoms with Crippen LogP contribution >= 0.6 is 0 Å². The molecular weight excluding hydrogens is 256 g/mol. The van der Waals surface area contributed by atoms with E-state index < -0.39 is 0 Å². The van der Waals surface area contributed by atoms with Crippen molar-refractivity contribution in [3.8, 4) is 0 Å². The van der Waals surface area contributed by atoms with E-state index in [1.807, 2.05) is 13.8 Å². The van der Waals surface area contributed by atoms with Gasteiger partial charge in [0.25, 0.3) is 0 Å². The Morgan fingerprint density at radius 2 is 1.80 bits per heavy atom. The van der Waals surface area contributed by atoms with E-state index in [0.29, 0.717) is 17.9 Å². The number of rotatable bonds is 8. The maximum atomic E-state index is 11.6. The highest BCUT2D eigenvalue weighted by atomic mass is 16.5. The average molecular weight is 278 g/mol. The molecule has 0 radical (unpaired) electrons. The lowest BCUT2D eigenvalue weighted by atomic mass is 10.2. The van der Waals surface area contributed by atoms with Gasteiger partial charge in [0.2, 0.25) is 5.91 Å². The molecule has 5 heteroatoms. The summed E-state index contributed by atoms with van der Waals surface area (Å²) in [4.78, 5) is 23.2. The highest BCUT2D eigenvalue weighted by Crippen LogP contribution is 2.10. The molecule has 0 aliphatic carbocycles. The van der Waals surface area contributed by atoms with Gasteiger partial charge in [0.05, 0.1) is 18.7 Å². The number of hydrogen-bond acceptors (Lipinski definition) is 4. The van der Waals surface area contributed by atoms with Crippen LogP contribution in [0.1, 0.15) is 37.0 Å². The fraction of sp³-hybridized carbons (Fsp3) is 0.467. The molecule has 0 heterocycles. The van der Waals surface area contributed by atoms with Crippen LogP contribution in [0.4, 0.5) is 5.69 Å². The molecule has 1 aromatic rings. The minimum absolute atomic E-state index is 0.0974. The number of esters is 1. The summed E-state index contributed by atoms with van der Waals surface area (Å²) < 4.78 is 5.03. The van der Waals surface area contributed by atoms with E-state index in [-0.39, 0.29) is 18.4 Å². The number of anilines is 1. The molecule has 110 valence electrons. The van der Waals surface area contributed by atoms with Crippen molar-refractivity contribution in [3.63, 3.8) is 0 Å². The molecule has 0 aliphatic rings. The highest BCUT2D eigenvalue weighted by molar-refractivity contribution is 5.93. The number of nitrogens with one attached hydrogen (secondary N) is 2. The Bertz CT molecular complexity index is 429. The van der Waals surface area contributed by atoms with E-state index in [1.165, 1.54) is 0 Å². The summed E-state index contributed by atoms with van der Waals surface area (Å²) in [6.45, 7) is 5.50. The molecule has 0 unspecified atom stereocenters. The molecule has 0 spiro atoms. The Balaban J connectivity index is 2.45. The molecule has 0 atom stereocenters. The van der Waals surface area contributed by atoms with Gasteiger partial charge in [0, 0.05) is 5.69 Å². The Labute approximate surface area is 119 Å². The second-order valence-corrected chi connectivity index (χ2v) is 4.44. The minimum Gasteiger partial charge on any atom is -0.462 e. The Hall–Kier alpha value is -1.88. The van der Waals surface area contributed by atoms with Crippen molar-refractivity contribution in [3.05, 3.63) is 29.8 Å². The van der Waals surface area contributed by atoms with Gasteiger partial charge in [-0.25, -0.2) is 4.79 Å². The summed E-state index contributed by atoms with van der Waals surface area (Å²) in [5, 5.41) is 5.78. The molecule has 0 aliphatic heterocycles. The van der Waals surface area contributed by atoms with Crippen LogP contribution in [0.25, 0.3) is 0 Å². The van der Waals surface area contributed by atoms with Crippen LogP contribution < -0.4 is 10.6 Å². The van der Waals surface area contributed by atoms with Crippen molar-refractivity contribution in [2.75, 3.05) is 25.0 Å². The standard InChI is InChI=1S/C15H22N2O3/c1-3-9-16-11-14(18)17-13-7-5-12(6-8-13)15(19)20-10-4-2/h5-8,16H,3-4,9-11H2,1-2H3,(H,17,18). The molecule has 1 rings (SSSR count). The quantitative estimate of drug-likeness (QED) is 0.565. The second kappa shape index (κ2) is 9.09. The number of ether oxygens (including phenoxy) is 1. The maximum Gasteiger partial charge on any atom is 0.338 e. The molecule has 2 N–H and O–H groups in total. The summed E-state index contributed by atoms with van der Waals surface area (Å²) in [6, 6.07) is 6.68. The summed E-state index contributed by atoms with van der Waals surface area (Å²) >= 11 is 0. The van der Waals surface area contributed by atoms with Gasteiger partial charge in [0.1, 0.15) is 0 Å². The van der Waals surface area contributed by atoms with E-state index >= 15 is 0 Å². The van der Waals surface area contributed by atoms with Gasteiger partial charge in [-0.3, -0.25) is 4.79 Å². The second-order valence-electron chi connectivity index (χ2n) is 4.44. The first-order valence-corrected chi connectivity index (χ1v) is 6.95. The Morgan fingerprint density at radius 1 is 1.10 bits per heavy atom. The SMILES string of the molecule is CCCNCC(=O)Nc1ccc(C(=O)OCCC)cc1. The predicted molar refractivity (Wildman–Crippen MR) is 78.8 cm³/mol. The smallest absolute Gasteiger partial charge is 0.338 e. The van der Waals surface area contributed by atoms with Gasteiger partial charge in [-0.2, -0.15) is 0 Å². The van der Waals surface area contributed by atoms with Gasteiger partial charge in [-0.15, -0.1) is 0 Å². The molecule has 0 saturated heterocycles. The largest absolute Gasteiger partial charge is 0.462 e. The molecule has 0 saturated carbocycles. The lowest BCUT2D eigenvalue weighted by molar-refractivity contribution is -0.115. The van der Waals surface area contributed by atoms with Gasteiger partial charge in [-0.1, -0.05) is 13.8 Å². The van der Waals surface area contributed by atoms with Crippen molar-refractivity contribution >= 4 is 17.6 Å². The van der Waals surface area contributed by atoms with Crippen LogP contribution in [0, 0.1) is 0 Å². The zero-order valence-corrected chi connectivity index (χ0v) is 12.1. The van der Waals surface area contributed by atoms with Gasteiger partial charge in [0.15, 0.2) is 0 Å². The first-order chi connectivity index (χ1) is 9.67. The van der Waals surface area contributed by atoms with Crippen LogP contribution in [0.2, 0.25) is 0 Å². The van der Waals surface area contributed by atoms with Gasteiger partial charge >= 0.3 is 5.97 Å². The number of benzene rings is 1. The van der Waals surface area contributed by atoms with Gasteiger partial charge < -0.3 is 15.4 Å². The van der Waals surface area contributed by atoms with Crippen molar-refractivity contribution in [1.82, 2.24) is 5.32 Å². The summed E-state index contributed by atoms with van der Waals surface area (Å²) in [5.41, 5.74) is 1.15. The van der Waals surface area contributed by atoms with Crippen LogP contribution in [0.3, 0.4) is 0 Å². The van der Waals surface area contributed by atoms with Crippen molar-refractivity contribution in [2.24, 2.45) is 0 Å². The Morgan fingerprint density at radius 3 is 2.40 bits per heavy atom. The summed E-state index contributed by atoms with van der Waals surface area (Å²) in [6.07, 6.45) is 1.78.